The molecule has 3 N–H and O–H groups in total. The summed E-state index contributed by atoms with van der Waals surface area (Å²) in [6, 6.07) is 0. The third-order valence-corrected chi connectivity index (χ3v) is 3.29. The number of carboxylic acids is 1. The van der Waals surface area contributed by atoms with Crippen molar-refractivity contribution in [3.63, 3.8) is 0 Å². The molecule has 0 saturated carbocycles. The van der Waals surface area contributed by atoms with Gasteiger partial charge in [0.25, 0.3) is 0 Å². The van der Waals surface area contributed by atoms with Crippen molar-refractivity contribution < 1.29 is 14.7 Å². The van der Waals surface area contributed by atoms with Crippen LogP contribution in [0.1, 0.15) is 18.2 Å². The van der Waals surface area contributed by atoms with E-state index in [1.165, 1.54) is 11.6 Å². The van der Waals surface area contributed by atoms with Gasteiger partial charge in [-0.25, -0.2) is 0 Å². The predicted molar refractivity (Wildman–Crippen MR) is 61.6 cm³/mol. The number of nitrogens with two attached hydrogens (primary N) is 1. The Bertz CT molecular complexity index is 467. The topological polar surface area (TPSA) is 98.2 Å². The molecule has 1 aromatic heterocycles. The number of carbonyl (C=O) groups excluding carboxylic acids is 1. The first-order chi connectivity index (χ1) is 7.70. The molecule has 6 nitrogen and oxygen atoms in total. The molecule has 17 heavy (non-hydrogen) atoms. The first-order valence-corrected chi connectivity index (χ1v) is 5.29. The molecule has 1 aromatic rings. The van der Waals surface area contributed by atoms with Crippen molar-refractivity contribution in [2.24, 2.45) is 18.2 Å². The molecule has 94 valence electrons. The number of carboxylic acid groups (broad SMARTS) is 1. The highest BCUT2D eigenvalue weighted by Crippen LogP contribution is 2.28. The van der Waals surface area contributed by atoms with Crippen LogP contribution < -0.4 is 5.73 Å². The molecule has 0 spiro atoms. The maximum Gasteiger partial charge on any atom is 0.319 e. The fourth-order valence-corrected chi connectivity index (χ4v) is 1.74. The number of rotatable bonds is 4. The molecule has 1 heterocycles. The summed E-state index contributed by atoms with van der Waals surface area (Å²) >= 11 is 5.98. The quantitative estimate of drug-likeness (QED) is 0.769. The van der Waals surface area contributed by atoms with Gasteiger partial charge in [0.2, 0.25) is 5.91 Å². The van der Waals surface area contributed by atoms with Gasteiger partial charge in [-0.05, 0) is 13.8 Å². The Morgan fingerprint density at radius 2 is 2.12 bits per heavy atom. The molecule has 0 fully saturated rings. The molecule has 0 radical (unpaired) electrons. The second-order valence-corrected chi connectivity index (χ2v) is 4.51. The lowest BCUT2D eigenvalue weighted by Gasteiger charge is -2.20. The maximum absolute atomic E-state index is 11.3. The summed E-state index contributed by atoms with van der Waals surface area (Å²) in [6.07, 6.45) is -0.0732. The summed E-state index contributed by atoms with van der Waals surface area (Å²) in [5.74, 6) is -2.17. The van der Waals surface area contributed by atoms with Gasteiger partial charge < -0.3 is 10.8 Å². The number of carbonyl (C=O) groups is 2. The van der Waals surface area contributed by atoms with Crippen molar-refractivity contribution >= 4 is 23.5 Å². The number of aromatic nitrogens is 2. The number of aliphatic carboxylic acids is 1. The van der Waals surface area contributed by atoms with Crippen LogP contribution in [-0.4, -0.2) is 26.8 Å². The normalized spacial score (nSPS) is 14.4. The van der Waals surface area contributed by atoms with E-state index in [0.29, 0.717) is 16.4 Å². The first kappa shape index (κ1) is 13.5. The van der Waals surface area contributed by atoms with Crippen LogP contribution in [0.4, 0.5) is 0 Å². The number of nitrogens with zero attached hydrogens (tertiary/aromatic N) is 2. The Kier molecular flexibility index (Phi) is 3.47. The number of hydrogen-bond donors (Lipinski definition) is 2. The van der Waals surface area contributed by atoms with E-state index in [1.807, 2.05) is 0 Å². The average molecular weight is 260 g/mol. The molecule has 0 saturated heterocycles. The van der Waals surface area contributed by atoms with Crippen molar-refractivity contribution in [3.05, 3.63) is 16.4 Å². The lowest BCUT2D eigenvalue weighted by Crippen LogP contribution is -2.43. The molecule has 1 unspecified atom stereocenters. The van der Waals surface area contributed by atoms with E-state index >= 15 is 0 Å². The number of primary amides is 1. The minimum atomic E-state index is -1.68. The zero-order valence-electron chi connectivity index (χ0n) is 9.82. The molecule has 1 atom stereocenters. The van der Waals surface area contributed by atoms with Gasteiger partial charge >= 0.3 is 5.97 Å². The lowest BCUT2D eigenvalue weighted by atomic mass is 9.83. The monoisotopic (exact) mass is 259 g/mol. The van der Waals surface area contributed by atoms with Gasteiger partial charge in [-0.15, -0.1) is 0 Å². The number of halogens is 1. The van der Waals surface area contributed by atoms with Gasteiger partial charge in [0, 0.05) is 19.0 Å². The van der Waals surface area contributed by atoms with Crippen LogP contribution in [0.25, 0.3) is 0 Å². The van der Waals surface area contributed by atoms with E-state index in [9.17, 15) is 9.59 Å². The minimum Gasteiger partial charge on any atom is -0.480 e. The molecule has 0 aliphatic rings. The molecule has 1 amide bonds. The summed E-state index contributed by atoms with van der Waals surface area (Å²) in [5, 5.41) is 13.5. The lowest BCUT2D eigenvalue weighted by molar-refractivity contribution is -0.153. The van der Waals surface area contributed by atoms with Crippen molar-refractivity contribution in [2.45, 2.75) is 20.3 Å². The predicted octanol–water partition coefficient (Wildman–Crippen LogP) is 0.501. The summed E-state index contributed by atoms with van der Waals surface area (Å²) < 4.78 is 1.43. The second kappa shape index (κ2) is 4.37. The Labute approximate surface area is 103 Å². The van der Waals surface area contributed by atoms with E-state index in [2.05, 4.69) is 5.10 Å². The Hall–Kier alpha value is -1.56. The van der Waals surface area contributed by atoms with E-state index in [0.717, 1.165) is 0 Å². The zero-order chi connectivity index (χ0) is 13.4. The Morgan fingerprint density at radius 3 is 2.41 bits per heavy atom. The second-order valence-electron chi connectivity index (χ2n) is 4.16. The molecule has 0 aromatic carbocycles. The van der Waals surface area contributed by atoms with Crippen LogP contribution in [0, 0.1) is 12.3 Å². The number of aryl methyl sites for hydroxylation is 2. The Balaban J connectivity index is 3.20. The van der Waals surface area contributed by atoms with Crippen LogP contribution in [-0.2, 0) is 23.1 Å². The smallest absolute Gasteiger partial charge is 0.319 e. The standard InChI is InChI=1S/C10H14ClN3O3/c1-5-6(7(11)14(3)13-5)4-10(2,8(12)15)9(16)17/h4H2,1-3H3,(H2,12,15)(H,16,17). The van der Waals surface area contributed by atoms with Crippen LogP contribution >= 0.6 is 11.6 Å². The molecule has 0 aliphatic heterocycles. The average Bonchev–Trinajstić information content (AvgIpc) is 2.44. The molecule has 7 heteroatoms. The summed E-state index contributed by atoms with van der Waals surface area (Å²) in [4.78, 5) is 22.4. The highest BCUT2D eigenvalue weighted by Gasteiger charge is 2.41. The van der Waals surface area contributed by atoms with Gasteiger partial charge in [0.1, 0.15) is 10.6 Å². The van der Waals surface area contributed by atoms with Crippen LogP contribution in [0.5, 0.6) is 0 Å². The SMILES string of the molecule is Cc1nn(C)c(Cl)c1CC(C)(C(N)=O)C(=O)O. The van der Waals surface area contributed by atoms with Gasteiger partial charge in [-0.1, -0.05) is 11.6 Å². The van der Waals surface area contributed by atoms with Crippen LogP contribution in [0.3, 0.4) is 0 Å². The first-order valence-electron chi connectivity index (χ1n) is 4.91. The van der Waals surface area contributed by atoms with Crippen LogP contribution in [0.2, 0.25) is 5.15 Å². The summed E-state index contributed by atoms with van der Waals surface area (Å²) in [6.45, 7) is 2.98. The van der Waals surface area contributed by atoms with Gasteiger partial charge in [0.15, 0.2) is 0 Å². The van der Waals surface area contributed by atoms with Crippen LogP contribution in [0.15, 0.2) is 0 Å². The fourth-order valence-electron chi connectivity index (χ4n) is 1.50. The molecule has 1 rings (SSSR count). The molecular formula is C10H14ClN3O3. The van der Waals surface area contributed by atoms with E-state index in [1.54, 1.807) is 14.0 Å². The van der Waals surface area contributed by atoms with Gasteiger partial charge in [-0.2, -0.15) is 5.10 Å². The highest BCUT2D eigenvalue weighted by molar-refractivity contribution is 6.30. The third kappa shape index (κ3) is 2.26. The van der Waals surface area contributed by atoms with Crippen molar-refractivity contribution in [3.8, 4) is 0 Å². The number of amides is 1. The molecule has 0 bridgehead atoms. The Morgan fingerprint density at radius 1 is 1.59 bits per heavy atom. The van der Waals surface area contributed by atoms with Gasteiger partial charge in [-0.3, -0.25) is 14.3 Å². The van der Waals surface area contributed by atoms with E-state index in [4.69, 9.17) is 22.4 Å². The third-order valence-electron chi connectivity index (χ3n) is 2.82. The highest BCUT2D eigenvalue weighted by atomic mass is 35.5. The zero-order valence-corrected chi connectivity index (χ0v) is 10.6. The van der Waals surface area contributed by atoms with E-state index < -0.39 is 17.3 Å². The van der Waals surface area contributed by atoms with Crippen molar-refractivity contribution in [1.29, 1.82) is 0 Å². The summed E-state index contributed by atoms with van der Waals surface area (Å²) in [5.41, 5.74) is 4.57. The number of hydrogen-bond acceptors (Lipinski definition) is 3. The molecule has 0 aliphatic carbocycles. The fraction of sp³-hybridized carbons (Fsp3) is 0.500. The van der Waals surface area contributed by atoms with E-state index in [-0.39, 0.29) is 6.42 Å². The maximum atomic E-state index is 11.3. The van der Waals surface area contributed by atoms with Crippen molar-refractivity contribution in [1.82, 2.24) is 9.78 Å². The summed E-state index contributed by atoms with van der Waals surface area (Å²) in [7, 11) is 1.64. The minimum absolute atomic E-state index is 0.0732. The van der Waals surface area contributed by atoms with Gasteiger partial charge in [0.05, 0.1) is 5.69 Å². The molecular weight excluding hydrogens is 246 g/mol. The largest absolute Gasteiger partial charge is 0.480 e. The van der Waals surface area contributed by atoms with Crippen molar-refractivity contribution in [2.75, 3.05) is 0 Å².